The molecule has 0 unspecified atom stereocenters. The highest BCUT2D eigenvalue weighted by molar-refractivity contribution is 5.53. The van der Waals surface area contributed by atoms with Crippen LogP contribution in [0.25, 0.3) is 0 Å². The molecule has 0 bridgehead atoms. The van der Waals surface area contributed by atoms with Crippen molar-refractivity contribution in [2.45, 2.75) is 14.9 Å². The van der Waals surface area contributed by atoms with Gasteiger partial charge in [-0.05, 0) is 0 Å². The molecule has 0 aromatic carbocycles. The Bertz CT molecular complexity index is 68.4. The smallest absolute Gasteiger partial charge is 0.450 e. The lowest BCUT2D eigenvalue weighted by molar-refractivity contribution is 0.135. The zero-order chi connectivity index (χ0) is 7.15. The molecule has 0 rings (SSSR count). The normalized spacial score (nSPS) is 4.36. The zero-order valence-corrected chi connectivity index (χ0v) is 4.11. The maximum Gasteiger partial charge on any atom is 0.503 e. The van der Waals surface area contributed by atoms with Gasteiger partial charge in [-0.1, -0.05) is 14.9 Å². The van der Waals surface area contributed by atoms with Crippen molar-refractivity contribution in [2.24, 2.45) is 0 Å². The van der Waals surface area contributed by atoms with Crippen molar-refractivity contribution in [1.29, 1.82) is 0 Å². The fourth-order valence-electron chi connectivity index (χ4n) is 0. The summed E-state index contributed by atoms with van der Waals surface area (Å²) in [6.07, 6.45) is -3.67. The molecule has 0 fully saturated rings. The number of hydrogen-bond acceptors (Lipinski definition) is 2. The average molecular weight is 174 g/mol. The SMILES string of the molecule is C.C.O.O=C(O)O.O=C(O)O. The van der Waals surface area contributed by atoms with Gasteiger partial charge in [0.05, 0.1) is 0 Å². The molecule has 7 heteroatoms. The summed E-state index contributed by atoms with van der Waals surface area (Å²) in [6, 6.07) is 0. The van der Waals surface area contributed by atoms with Crippen LogP contribution in [0.15, 0.2) is 0 Å². The molecular formula is C4H14O7. The molecule has 0 saturated carbocycles. The molecule has 0 radical (unpaired) electrons. The fourth-order valence-corrected chi connectivity index (χ4v) is 0. The Morgan fingerprint density at radius 3 is 0.727 bits per heavy atom. The molecule has 0 heterocycles. The summed E-state index contributed by atoms with van der Waals surface area (Å²) in [7, 11) is 0. The molecule has 0 aromatic rings. The Hall–Kier alpha value is -1.50. The minimum Gasteiger partial charge on any atom is -0.450 e. The van der Waals surface area contributed by atoms with Crippen LogP contribution in [0.3, 0.4) is 0 Å². The van der Waals surface area contributed by atoms with Gasteiger partial charge < -0.3 is 25.9 Å². The van der Waals surface area contributed by atoms with E-state index in [-0.39, 0.29) is 20.3 Å². The summed E-state index contributed by atoms with van der Waals surface area (Å²) in [6.45, 7) is 0. The molecule has 0 atom stereocenters. The fraction of sp³-hybridized carbons (Fsp3) is 0.500. The maximum absolute atomic E-state index is 8.56. The van der Waals surface area contributed by atoms with Gasteiger partial charge >= 0.3 is 12.3 Å². The van der Waals surface area contributed by atoms with Crippen LogP contribution in [0, 0.1) is 0 Å². The van der Waals surface area contributed by atoms with E-state index in [0.29, 0.717) is 0 Å². The molecule has 11 heavy (non-hydrogen) atoms. The Morgan fingerprint density at radius 2 is 0.727 bits per heavy atom. The standard InChI is InChI=1S/2CH2O3.2CH4.H2O/c2*2-1(3)4;;;/h2*(H2,2,3,4);2*1H4;1H2. The molecule has 72 valence electrons. The lowest BCUT2D eigenvalue weighted by Gasteiger charge is -1.60. The number of rotatable bonds is 0. The summed E-state index contributed by atoms with van der Waals surface area (Å²) in [4.78, 5) is 17.1. The Morgan fingerprint density at radius 1 is 0.727 bits per heavy atom. The van der Waals surface area contributed by atoms with Crippen LogP contribution in [0.5, 0.6) is 0 Å². The van der Waals surface area contributed by atoms with Gasteiger partial charge in [-0.25, -0.2) is 9.59 Å². The first-order valence-corrected chi connectivity index (χ1v) is 1.30. The van der Waals surface area contributed by atoms with E-state index in [4.69, 9.17) is 30.0 Å². The summed E-state index contributed by atoms with van der Waals surface area (Å²) < 4.78 is 0. The third-order valence-corrected chi connectivity index (χ3v) is 0. The van der Waals surface area contributed by atoms with Crippen molar-refractivity contribution in [1.82, 2.24) is 0 Å². The van der Waals surface area contributed by atoms with E-state index in [2.05, 4.69) is 0 Å². The van der Waals surface area contributed by atoms with Gasteiger partial charge in [-0.2, -0.15) is 0 Å². The van der Waals surface area contributed by atoms with E-state index in [1.165, 1.54) is 0 Å². The Labute approximate surface area is 63.8 Å². The first-order chi connectivity index (χ1) is 3.46. The van der Waals surface area contributed by atoms with Crippen molar-refractivity contribution in [3.8, 4) is 0 Å². The van der Waals surface area contributed by atoms with Gasteiger partial charge in [0.25, 0.3) is 0 Å². The van der Waals surface area contributed by atoms with E-state index < -0.39 is 12.3 Å². The zero-order valence-electron chi connectivity index (χ0n) is 4.11. The molecule has 0 aliphatic carbocycles. The van der Waals surface area contributed by atoms with Gasteiger partial charge in [-0.3, -0.25) is 0 Å². The molecule has 0 spiro atoms. The predicted octanol–water partition coefficient (Wildman–Crippen LogP) is 0.892. The molecule has 0 aliphatic rings. The second-order valence-electron chi connectivity index (χ2n) is 0.565. The van der Waals surface area contributed by atoms with Crippen molar-refractivity contribution in [3.05, 3.63) is 0 Å². The summed E-state index contributed by atoms with van der Waals surface area (Å²) >= 11 is 0. The molecule has 7 nitrogen and oxygen atoms in total. The van der Waals surface area contributed by atoms with Gasteiger partial charge in [0.1, 0.15) is 0 Å². The third-order valence-electron chi connectivity index (χ3n) is 0. The lowest BCUT2D eigenvalue weighted by Crippen LogP contribution is -1.81. The van der Waals surface area contributed by atoms with Crippen LogP contribution in [0.2, 0.25) is 0 Å². The Balaban J connectivity index is -0.0000000171. The quantitative estimate of drug-likeness (QED) is 0.428. The molecule has 0 amide bonds. The second kappa shape index (κ2) is 23.6. The molecule has 0 saturated heterocycles. The van der Waals surface area contributed by atoms with Crippen molar-refractivity contribution in [2.75, 3.05) is 0 Å². The summed E-state index contributed by atoms with van der Waals surface area (Å²) in [5, 5.41) is 27.9. The summed E-state index contributed by atoms with van der Waals surface area (Å²) in [5.74, 6) is 0. The number of hydrogen-bond donors (Lipinski definition) is 4. The van der Waals surface area contributed by atoms with Crippen LogP contribution in [-0.2, 0) is 0 Å². The highest BCUT2D eigenvalue weighted by Crippen LogP contribution is 1.43. The van der Waals surface area contributed by atoms with Gasteiger partial charge in [0.15, 0.2) is 0 Å². The molecule has 6 N–H and O–H groups in total. The monoisotopic (exact) mass is 174 g/mol. The summed E-state index contributed by atoms with van der Waals surface area (Å²) in [5.41, 5.74) is 0. The molecule has 0 aliphatic heterocycles. The molecular weight excluding hydrogens is 160 g/mol. The Kier molecular flexibility index (Phi) is 72.8. The van der Waals surface area contributed by atoms with Crippen LogP contribution in [0.1, 0.15) is 14.9 Å². The first-order valence-electron chi connectivity index (χ1n) is 1.30. The van der Waals surface area contributed by atoms with E-state index in [9.17, 15) is 0 Å². The van der Waals surface area contributed by atoms with Crippen molar-refractivity contribution >= 4 is 12.3 Å². The van der Waals surface area contributed by atoms with Crippen LogP contribution >= 0.6 is 0 Å². The minimum absolute atomic E-state index is 0. The van der Waals surface area contributed by atoms with Gasteiger partial charge in [-0.15, -0.1) is 0 Å². The van der Waals surface area contributed by atoms with Gasteiger partial charge in [0, 0.05) is 0 Å². The topological polar surface area (TPSA) is 147 Å². The highest BCUT2D eigenvalue weighted by atomic mass is 16.6. The van der Waals surface area contributed by atoms with Crippen molar-refractivity contribution < 1.29 is 35.5 Å². The van der Waals surface area contributed by atoms with E-state index in [1.54, 1.807) is 0 Å². The lowest BCUT2D eigenvalue weighted by atomic mass is 11.5. The average Bonchev–Trinajstić information content (AvgIpc) is 1.25. The first kappa shape index (κ1) is 33.9. The van der Waals surface area contributed by atoms with Crippen molar-refractivity contribution in [3.63, 3.8) is 0 Å². The van der Waals surface area contributed by atoms with Crippen LogP contribution in [-0.4, -0.2) is 38.2 Å². The van der Waals surface area contributed by atoms with Crippen LogP contribution in [0.4, 0.5) is 9.59 Å². The van der Waals surface area contributed by atoms with E-state index in [1.807, 2.05) is 0 Å². The number of carbonyl (C=O) groups is 2. The molecule has 0 aromatic heterocycles. The third kappa shape index (κ3) is 160. The second-order valence-corrected chi connectivity index (χ2v) is 0.565. The minimum atomic E-state index is -1.83. The largest absolute Gasteiger partial charge is 0.503 e. The van der Waals surface area contributed by atoms with Crippen LogP contribution < -0.4 is 0 Å². The van der Waals surface area contributed by atoms with Gasteiger partial charge in [0.2, 0.25) is 0 Å². The highest BCUT2D eigenvalue weighted by Gasteiger charge is 1.70. The number of carboxylic acid groups (broad SMARTS) is 4. The maximum atomic E-state index is 8.56. The van der Waals surface area contributed by atoms with E-state index in [0.717, 1.165) is 0 Å². The predicted molar refractivity (Wildman–Crippen MR) is 38.4 cm³/mol. The van der Waals surface area contributed by atoms with E-state index >= 15 is 0 Å².